The van der Waals surface area contributed by atoms with Gasteiger partial charge >= 0.3 is 50.2 Å². The van der Waals surface area contributed by atoms with Gasteiger partial charge in [-0.2, -0.15) is 0 Å². The van der Waals surface area contributed by atoms with Gasteiger partial charge in [-0.05, 0) is 0 Å². The van der Waals surface area contributed by atoms with Crippen LogP contribution in [0.15, 0.2) is 37.4 Å². The SMILES string of the molecule is C=CC=B/C=C\C=C. The van der Waals surface area contributed by atoms with E-state index in [0.717, 1.165) is 0 Å². The number of allylic oxidation sites excluding steroid dienone is 3. The van der Waals surface area contributed by atoms with E-state index in [-0.39, 0.29) is 0 Å². The quantitative estimate of drug-likeness (QED) is 0.374. The molecule has 0 aliphatic carbocycles. The maximum atomic E-state index is 3.51. The molecule has 1 heteroatoms. The number of rotatable bonds is 3. The fraction of sp³-hybridized carbons (Fsp3) is 0. The standard InChI is InChI=1S/C7H9B/c1-3-5-7-8-6-4-2/h3-7H,1-2H2/b7-5-. The van der Waals surface area contributed by atoms with Gasteiger partial charge in [-0.3, -0.25) is 0 Å². The molecule has 0 amide bonds. The van der Waals surface area contributed by atoms with Gasteiger partial charge in [0, 0.05) is 0 Å². The second-order valence-electron chi connectivity index (χ2n) is 1.24. The molecule has 0 saturated carbocycles. The normalized spacial score (nSPS) is 9.50. The summed E-state index contributed by atoms with van der Waals surface area (Å²) in [5.74, 6) is 3.76. The van der Waals surface area contributed by atoms with Crippen molar-refractivity contribution in [3.8, 4) is 0 Å². The van der Waals surface area contributed by atoms with E-state index in [1.54, 1.807) is 12.2 Å². The first-order valence-corrected chi connectivity index (χ1v) is 2.48. The second-order valence-corrected chi connectivity index (χ2v) is 1.24. The Kier molecular flexibility index (Phi) is 5.50. The Morgan fingerprint density at radius 1 is 1.12 bits per heavy atom. The first-order valence-electron chi connectivity index (χ1n) is 2.48. The molecule has 0 saturated heterocycles. The van der Waals surface area contributed by atoms with Crippen LogP contribution in [0.4, 0.5) is 0 Å². The molecule has 0 rings (SSSR count). The molecule has 40 valence electrons. The fourth-order valence-corrected chi connectivity index (χ4v) is 0.285. The van der Waals surface area contributed by atoms with Gasteiger partial charge < -0.3 is 0 Å². The van der Waals surface area contributed by atoms with Crippen LogP contribution in [0.2, 0.25) is 0 Å². The Hall–Kier alpha value is -0.845. The van der Waals surface area contributed by atoms with Crippen LogP contribution in [-0.4, -0.2) is 12.9 Å². The third kappa shape index (κ3) is 5.15. The van der Waals surface area contributed by atoms with E-state index in [1.165, 1.54) is 0 Å². The summed E-state index contributed by atoms with van der Waals surface area (Å²) in [6, 6.07) is 0. The van der Waals surface area contributed by atoms with E-state index in [9.17, 15) is 0 Å². The summed E-state index contributed by atoms with van der Waals surface area (Å²) in [4.78, 5) is 0. The van der Waals surface area contributed by atoms with Crippen LogP contribution in [0.25, 0.3) is 0 Å². The first kappa shape index (κ1) is 7.15. The summed E-state index contributed by atoms with van der Waals surface area (Å²) in [5.41, 5.74) is 0. The summed E-state index contributed by atoms with van der Waals surface area (Å²) < 4.78 is 0. The molecule has 0 unspecified atom stereocenters. The Bertz CT molecular complexity index is 104. The average Bonchev–Trinajstić information content (AvgIpc) is 1.81. The van der Waals surface area contributed by atoms with Crippen molar-refractivity contribution in [1.29, 1.82) is 0 Å². The van der Waals surface area contributed by atoms with E-state index >= 15 is 0 Å². The van der Waals surface area contributed by atoms with Gasteiger partial charge in [-0.25, -0.2) is 0 Å². The van der Waals surface area contributed by atoms with E-state index < -0.39 is 0 Å². The summed E-state index contributed by atoms with van der Waals surface area (Å²) >= 11 is 0. The maximum absolute atomic E-state index is 3.51. The van der Waals surface area contributed by atoms with E-state index in [0.29, 0.717) is 0 Å². The van der Waals surface area contributed by atoms with Gasteiger partial charge in [0.1, 0.15) is 0 Å². The zero-order valence-corrected chi connectivity index (χ0v) is 4.88. The topological polar surface area (TPSA) is 0 Å². The fourth-order valence-electron chi connectivity index (χ4n) is 0.285. The van der Waals surface area contributed by atoms with Gasteiger partial charge in [0.15, 0.2) is 0 Å². The van der Waals surface area contributed by atoms with Crippen LogP contribution >= 0.6 is 0 Å². The van der Waals surface area contributed by atoms with Crippen molar-refractivity contribution in [2.75, 3.05) is 0 Å². The van der Waals surface area contributed by atoms with Crippen LogP contribution in [-0.2, 0) is 0 Å². The second kappa shape index (κ2) is 6.15. The van der Waals surface area contributed by atoms with Crippen LogP contribution in [0.1, 0.15) is 0 Å². The summed E-state index contributed by atoms with van der Waals surface area (Å²) in [6.45, 7) is 8.92. The van der Waals surface area contributed by atoms with Gasteiger partial charge in [0.05, 0.1) is 0 Å². The van der Waals surface area contributed by atoms with Crippen molar-refractivity contribution in [3.63, 3.8) is 0 Å². The zero-order chi connectivity index (χ0) is 6.24. The Balaban J connectivity index is 3.41. The first-order chi connectivity index (χ1) is 3.91. The molecule has 0 N–H and O–H groups in total. The molecule has 0 aromatic heterocycles. The zero-order valence-electron chi connectivity index (χ0n) is 4.88. The van der Waals surface area contributed by atoms with Crippen molar-refractivity contribution in [2.24, 2.45) is 0 Å². The predicted octanol–water partition coefficient (Wildman–Crippen LogP) is 1.38. The molecule has 0 aliphatic rings. The minimum atomic E-state index is 1.73. The Morgan fingerprint density at radius 3 is 2.38 bits per heavy atom. The summed E-state index contributed by atoms with van der Waals surface area (Å²) in [5, 5.41) is 0. The minimum absolute atomic E-state index is 1.73. The molecule has 0 aromatic carbocycles. The molecule has 0 spiro atoms. The van der Waals surface area contributed by atoms with Crippen LogP contribution in [0, 0.1) is 0 Å². The van der Waals surface area contributed by atoms with E-state index in [4.69, 9.17) is 0 Å². The third-order valence-electron chi connectivity index (χ3n) is 0.605. The molecule has 8 heavy (non-hydrogen) atoms. The van der Waals surface area contributed by atoms with Crippen molar-refractivity contribution in [1.82, 2.24) is 0 Å². The molecule has 0 nitrogen and oxygen atoms in total. The van der Waals surface area contributed by atoms with Gasteiger partial charge in [-0.15, -0.1) is 0 Å². The molecule has 0 bridgehead atoms. The molecule has 0 atom stereocenters. The van der Waals surface area contributed by atoms with E-state index in [1.807, 2.05) is 24.9 Å². The number of hydrogen-bond acceptors (Lipinski definition) is 0. The predicted molar refractivity (Wildman–Crippen MR) is 41.4 cm³/mol. The molecule has 0 fully saturated rings. The van der Waals surface area contributed by atoms with Gasteiger partial charge in [0.25, 0.3) is 0 Å². The molecule has 0 heterocycles. The van der Waals surface area contributed by atoms with E-state index in [2.05, 4.69) is 13.2 Å². The van der Waals surface area contributed by atoms with Crippen molar-refractivity contribution >= 4 is 12.9 Å². The van der Waals surface area contributed by atoms with Crippen LogP contribution < -0.4 is 0 Å². The van der Waals surface area contributed by atoms with Gasteiger partial charge in [0.2, 0.25) is 0 Å². The molecular weight excluding hydrogens is 94.9 g/mol. The van der Waals surface area contributed by atoms with Crippen molar-refractivity contribution in [2.45, 2.75) is 0 Å². The monoisotopic (exact) mass is 104 g/mol. The average molecular weight is 104 g/mol. The number of hydrogen-bond donors (Lipinski definition) is 0. The van der Waals surface area contributed by atoms with Crippen LogP contribution in [0.3, 0.4) is 0 Å². The molecular formula is C7H9B. The molecule has 0 radical (unpaired) electrons. The Labute approximate surface area is 51.1 Å². The third-order valence-corrected chi connectivity index (χ3v) is 0.605. The van der Waals surface area contributed by atoms with Crippen LogP contribution in [0.5, 0.6) is 0 Å². The summed E-state index contributed by atoms with van der Waals surface area (Å²) in [7, 11) is 0. The molecule has 0 aliphatic heterocycles. The Morgan fingerprint density at radius 2 is 1.88 bits per heavy atom. The van der Waals surface area contributed by atoms with Gasteiger partial charge in [-0.1, -0.05) is 0 Å². The van der Waals surface area contributed by atoms with Crippen molar-refractivity contribution in [3.05, 3.63) is 37.4 Å². The summed E-state index contributed by atoms with van der Waals surface area (Å²) in [6.07, 6.45) is 5.32. The molecule has 0 aromatic rings. The van der Waals surface area contributed by atoms with Crippen molar-refractivity contribution < 1.29 is 0 Å².